The Morgan fingerprint density at radius 1 is 1.28 bits per heavy atom. The Morgan fingerprint density at radius 2 is 2.07 bits per heavy atom. The fourth-order valence-corrected chi connectivity index (χ4v) is 4.20. The molecule has 0 fully saturated rings. The molecule has 4 rings (SSSR count). The first-order chi connectivity index (χ1) is 13.9. The number of hydrogen-bond donors (Lipinski definition) is 1. The van der Waals surface area contributed by atoms with Crippen LogP contribution >= 0.6 is 12.1 Å². The van der Waals surface area contributed by atoms with Crippen molar-refractivity contribution in [2.45, 2.75) is 20.3 Å². The van der Waals surface area contributed by atoms with Gasteiger partial charge in [0.25, 0.3) is 0 Å². The van der Waals surface area contributed by atoms with Gasteiger partial charge in [0.15, 0.2) is 11.5 Å². The van der Waals surface area contributed by atoms with Crippen molar-refractivity contribution < 1.29 is 14.3 Å². The van der Waals surface area contributed by atoms with Crippen molar-refractivity contribution >= 4 is 23.8 Å². The van der Waals surface area contributed by atoms with Crippen molar-refractivity contribution in [2.24, 2.45) is 10.5 Å². The molecule has 0 saturated carbocycles. The molecule has 29 heavy (non-hydrogen) atoms. The van der Waals surface area contributed by atoms with Gasteiger partial charge < -0.3 is 14.2 Å². The van der Waals surface area contributed by atoms with Crippen LogP contribution in [0.25, 0.3) is 0 Å². The van der Waals surface area contributed by atoms with Gasteiger partial charge in [-0.1, -0.05) is 13.8 Å². The predicted molar refractivity (Wildman–Crippen MR) is 114 cm³/mol. The molecule has 0 unspecified atom stereocenters. The predicted octanol–water partition coefficient (Wildman–Crippen LogP) is 3.43. The molecule has 0 spiro atoms. The Kier molecular flexibility index (Phi) is 5.04. The third-order valence-corrected chi connectivity index (χ3v) is 5.83. The van der Waals surface area contributed by atoms with Gasteiger partial charge in [0.2, 0.25) is 5.91 Å². The van der Waals surface area contributed by atoms with E-state index in [1.165, 1.54) is 12.1 Å². The zero-order chi connectivity index (χ0) is 20.6. The number of fused-ring (bicyclic) bond motifs is 1. The summed E-state index contributed by atoms with van der Waals surface area (Å²) in [6.45, 7) is 4.73. The van der Waals surface area contributed by atoms with Gasteiger partial charge in [-0.2, -0.15) is 5.10 Å². The van der Waals surface area contributed by atoms with Gasteiger partial charge in [-0.05, 0) is 35.9 Å². The van der Waals surface area contributed by atoms with E-state index in [1.54, 1.807) is 19.2 Å². The largest absolute Gasteiger partial charge is 0.493 e. The summed E-state index contributed by atoms with van der Waals surface area (Å²) in [7, 11) is 3.22. The molecule has 152 valence electrons. The minimum Gasteiger partial charge on any atom is -0.493 e. The SMILES string of the molecule is COc1ccc(C2=NN(C(=O)CC3=CC4=CNSN4C=C3)CC2(C)C)cc1OC. The normalized spacial score (nSPS) is 19.2. The molecule has 1 aromatic rings. The Morgan fingerprint density at radius 3 is 2.83 bits per heavy atom. The highest BCUT2D eigenvalue weighted by Crippen LogP contribution is 2.35. The van der Waals surface area contributed by atoms with Crippen LogP contribution in [0.2, 0.25) is 0 Å². The third-order valence-electron chi connectivity index (χ3n) is 5.08. The number of hydrazone groups is 1. The maximum absolute atomic E-state index is 12.9. The monoisotopic (exact) mass is 412 g/mol. The standard InChI is InChI=1S/C21H24N4O3S/c1-21(2)13-24(19(26)10-14-7-8-25-16(9-14)12-22-29-25)23-20(21)15-5-6-17(27-3)18(11-15)28-4/h5-9,11-12,22H,10,13H2,1-4H3. The Bertz CT molecular complexity index is 965. The molecule has 8 heteroatoms. The number of nitrogens with zero attached hydrogens (tertiary/aromatic N) is 3. The second kappa shape index (κ2) is 7.51. The number of hydrogen-bond acceptors (Lipinski definition) is 7. The lowest BCUT2D eigenvalue weighted by atomic mass is 9.84. The topological polar surface area (TPSA) is 66.4 Å². The molecule has 3 aliphatic heterocycles. The van der Waals surface area contributed by atoms with E-state index in [-0.39, 0.29) is 11.3 Å². The highest BCUT2D eigenvalue weighted by Gasteiger charge is 2.38. The minimum atomic E-state index is -0.266. The number of carbonyl (C=O) groups is 1. The molecule has 7 nitrogen and oxygen atoms in total. The van der Waals surface area contributed by atoms with E-state index in [0.29, 0.717) is 24.5 Å². The molecular formula is C21H24N4O3S. The van der Waals surface area contributed by atoms with Crippen LogP contribution in [0.3, 0.4) is 0 Å². The number of amides is 1. The molecular weight excluding hydrogens is 388 g/mol. The molecule has 0 aromatic heterocycles. The van der Waals surface area contributed by atoms with Gasteiger partial charge in [-0.25, -0.2) is 5.01 Å². The number of benzene rings is 1. The number of methoxy groups -OCH3 is 2. The molecule has 1 N–H and O–H groups in total. The maximum Gasteiger partial charge on any atom is 0.247 e. The van der Waals surface area contributed by atoms with Crippen LogP contribution in [-0.4, -0.2) is 41.7 Å². The van der Waals surface area contributed by atoms with Crippen LogP contribution in [0, 0.1) is 5.41 Å². The fraction of sp³-hybridized carbons (Fsp3) is 0.333. The number of rotatable bonds is 5. The summed E-state index contributed by atoms with van der Waals surface area (Å²) in [6.07, 6.45) is 8.18. The summed E-state index contributed by atoms with van der Waals surface area (Å²) in [4.78, 5) is 12.9. The Labute approximate surface area is 175 Å². The van der Waals surface area contributed by atoms with Gasteiger partial charge in [0.1, 0.15) is 0 Å². The highest BCUT2D eigenvalue weighted by atomic mass is 32.2. The smallest absolute Gasteiger partial charge is 0.247 e. The van der Waals surface area contributed by atoms with E-state index >= 15 is 0 Å². The Hall–Kier alpha value is -2.87. The third kappa shape index (κ3) is 3.72. The lowest BCUT2D eigenvalue weighted by Gasteiger charge is -2.22. The number of nitrogens with one attached hydrogen (secondary N) is 1. The summed E-state index contributed by atoms with van der Waals surface area (Å²) in [6, 6.07) is 5.72. The first kappa shape index (κ1) is 19.4. The van der Waals surface area contributed by atoms with Crippen LogP contribution in [0.4, 0.5) is 0 Å². The average molecular weight is 413 g/mol. The quantitative estimate of drug-likeness (QED) is 0.748. The van der Waals surface area contributed by atoms with Gasteiger partial charge in [-0.3, -0.25) is 9.10 Å². The molecule has 0 radical (unpaired) electrons. The van der Waals surface area contributed by atoms with Gasteiger partial charge >= 0.3 is 0 Å². The molecule has 3 aliphatic rings. The van der Waals surface area contributed by atoms with Crippen LogP contribution in [0.5, 0.6) is 11.5 Å². The molecule has 0 bridgehead atoms. The van der Waals surface area contributed by atoms with Crippen LogP contribution in [-0.2, 0) is 4.79 Å². The van der Waals surface area contributed by atoms with E-state index in [2.05, 4.69) is 23.7 Å². The molecule has 0 aliphatic carbocycles. The van der Waals surface area contributed by atoms with Crippen LogP contribution in [0.15, 0.2) is 59.1 Å². The average Bonchev–Trinajstić information content (AvgIpc) is 3.30. The van der Waals surface area contributed by atoms with Gasteiger partial charge in [0.05, 0.1) is 50.7 Å². The molecule has 3 heterocycles. The molecule has 1 amide bonds. The van der Waals surface area contributed by atoms with Crippen molar-refractivity contribution in [3.05, 3.63) is 59.6 Å². The van der Waals surface area contributed by atoms with E-state index in [0.717, 1.165) is 22.5 Å². The Balaban J connectivity index is 1.55. The zero-order valence-electron chi connectivity index (χ0n) is 16.9. The van der Waals surface area contributed by atoms with E-state index in [4.69, 9.17) is 9.47 Å². The maximum atomic E-state index is 12.9. The van der Waals surface area contributed by atoms with Crippen molar-refractivity contribution in [2.75, 3.05) is 20.8 Å². The molecule has 0 atom stereocenters. The lowest BCUT2D eigenvalue weighted by molar-refractivity contribution is -0.130. The second-order valence-corrected chi connectivity index (χ2v) is 8.48. The first-order valence-electron chi connectivity index (χ1n) is 9.34. The number of allylic oxidation sites excluding steroid dienone is 2. The zero-order valence-corrected chi connectivity index (χ0v) is 17.7. The summed E-state index contributed by atoms with van der Waals surface area (Å²) >= 11 is 1.50. The van der Waals surface area contributed by atoms with Crippen molar-refractivity contribution in [3.8, 4) is 11.5 Å². The fourth-order valence-electron chi connectivity index (χ4n) is 3.58. The lowest BCUT2D eigenvalue weighted by Crippen LogP contribution is -2.31. The highest BCUT2D eigenvalue weighted by molar-refractivity contribution is 7.95. The summed E-state index contributed by atoms with van der Waals surface area (Å²) in [5.41, 5.74) is 3.53. The van der Waals surface area contributed by atoms with E-state index in [9.17, 15) is 4.79 Å². The van der Waals surface area contributed by atoms with Crippen molar-refractivity contribution in [1.29, 1.82) is 0 Å². The van der Waals surface area contributed by atoms with Gasteiger partial charge in [-0.15, -0.1) is 0 Å². The van der Waals surface area contributed by atoms with Crippen molar-refractivity contribution in [1.82, 2.24) is 14.0 Å². The first-order valence-corrected chi connectivity index (χ1v) is 10.1. The van der Waals surface area contributed by atoms with E-state index in [1.807, 2.05) is 47.1 Å². The number of carbonyl (C=O) groups excluding carboxylic acids is 1. The number of ether oxygens (including phenoxy) is 2. The van der Waals surface area contributed by atoms with Crippen LogP contribution < -0.4 is 14.2 Å². The summed E-state index contributed by atoms with van der Waals surface area (Å²) in [5, 5.41) is 6.27. The second-order valence-electron chi connectivity index (χ2n) is 7.67. The minimum absolute atomic E-state index is 0.0166. The summed E-state index contributed by atoms with van der Waals surface area (Å²) in [5.74, 6) is 1.29. The summed E-state index contributed by atoms with van der Waals surface area (Å²) < 4.78 is 15.9. The molecule has 0 saturated heterocycles. The van der Waals surface area contributed by atoms with Crippen LogP contribution in [0.1, 0.15) is 25.8 Å². The molecule has 1 aromatic carbocycles. The van der Waals surface area contributed by atoms with Crippen molar-refractivity contribution in [3.63, 3.8) is 0 Å². The van der Waals surface area contributed by atoms with Gasteiger partial charge in [0, 0.05) is 23.4 Å². The van der Waals surface area contributed by atoms with E-state index < -0.39 is 0 Å².